The van der Waals surface area contributed by atoms with Crippen LogP contribution in [0, 0.1) is 0 Å². The maximum Gasteiger partial charge on any atom is 0.0634 e. The van der Waals surface area contributed by atoms with Gasteiger partial charge >= 0.3 is 0 Å². The second-order valence-electron chi connectivity index (χ2n) is 25.2. The molecule has 0 saturated carbocycles. The van der Waals surface area contributed by atoms with Crippen molar-refractivity contribution in [2.75, 3.05) is 0 Å². The molecule has 0 N–H and O–H groups in total. The third kappa shape index (κ3) is 48.8. The summed E-state index contributed by atoms with van der Waals surface area (Å²) in [6.45, 7) is 9.03. The fraction of sp³-hybridized carbons (Fsp3) is 0.769. The lowest BCUT2D eigenvalue weighted by atomic mass is 10.0. The Bertz CT molecular complexity index is 1680. The van der Waals surface area contributed by atoms with Crippen molar-refractivity contribution in [3.05, 3.63) is 71.8 Å². The first-order valence-electron chi connectivity index (χ1n) is 36.3. The molecular formula is C78H136N2. The quantitative estimate of drug-likeness (QED) is 0.0466. The maximum atomic E-state index is 5.16. The van der Waals surface area contributed by atoms with Crippen LogP contribution in [0.2, 0.25) is 0 Å². The van der Waals surface area contributed by atoms with E-state index in [1.165, 1.54) is 358 Å². The van der Waals surface area contributed by atoms with Gasteiger partial charge in [0.25, 0.3) is 0 Å². The van der Waals surface area contributed by atoms with Gasteiger partial charge in [0.2, 0.25) is 0 Å². The first kappa shape index (κ1) is 73.4. The molecule has 0 aliphatic heterocycles. The number of nitrogens with zero attached hydrogens (tertiary/aromatic N) is 2. The largest absolute Gasteiger partial charge is 0.252 e. The monoisotopic (exact) mass is 1100 g/mol. The van der Waals surface area contributed by atoms with Crippen molar-refractivity contribution >= 4 is 35.0 Å². The molecule has 0 bridgehead atoms. The number of rotatable bonds is 61. The minimum Gasteiger partial charge on any atom is -0.252 e. The van der Waals surface area contributed by atoms with Gasteiger partial charge in [-0.3, -0.25) is 9.98 Å². The van der Waals surface area contributed by atoms with Crippen molar-refractivity contribution in [1.82, 2.24) is 0 Å². The topological polar surface area (TPSA) is 24.7 Å². The molecule has 458 valence electrons. The van der Waals surface area contributed by atoms with Gasteiger partial charge in [0.1, 0.15) is 0 Å². The van der Waals surface area contributed by atoms with E-state index in [0.717, 1.165) is 35.6 Å². The molecular weight excluding hydrogens is 965 g/mol. The van der Waals surface area contributed by atoms with Crippen molar-refractivity contribution in [3.8, 4) is 0 Å². The number of unbranched alkanes of at least 4 members (excludes halogenated alkanes) is 52. The molecule has 0 aromatic heterocycles. The van der Waals surface area contributed by atoms with E-state index in [2.05, 4.69) is 101 Å². The molecule has 0 spiro atoms. The van der Waals surface area contributed by atoms with Crippen LogP contribution in [0.25, 0.3) is 12.2 Å². The summed E-state index contributed by atoms with van der Waals surface area (Å²) in [7, 11) is 0. The van der Waals surface area contributed by atoms with E-state index >= 15 is 0 Å². The third-order valence-corrected chi connectivity index (χ3v) is 17.4. The molecule has 0 radical (unpaired) electrons. The summed E-state index contributed by atoms with van der Waals surface area (Å²) in [6, 6.07) is 17.6. The third-order valence-electron chi connectivity index (χ3n) is 17.4. The van der Waals surface area contributed by atoms with E-state index in [1.807, 2.05) is 0 Å². The molecule has 2 aromatic rings. The molecule has 0 fully saturated rings. The van der Waals surface area contributed by atoms with Crippen LogP contribution in [0.4, 0.5) is 11.4 Å². The Morgan fingerprint density at radius 3 is 0.725 bits per heavy atom. The standard InChI is InChI=1S/C78H136N2/c1-5-8-11-13-15-17-19-21-23-25-27-29-31-33-35-37-39-41-43-45-47-49-51-53-55-57-60-62-74-65-69-76(70-66-74)79-73(4)78(64-59-10-7-3)80-77-71-67-75(68-72-77)63-61-58-56-54-52-50-48-46-44-42-40-38-36-34-32-30-28-26-24-22-20-18-16-14-12-9-6-2/h60-63,65-72H,5-59,64H2,1-4H3. The lowest BCUT2D eigenvalue weighted by Crippen LogP contribution is -2.10. The molecule has 0 heterocycles. The van der Waals surface area contributed by atoms with Crippen molar-refractivity contribution < 1.29 is 0 Å². The van der Waals surface area contributed by atoms with Crippen LogP contribution >= 0.6 is 0 Å². The average Bonchev–Trinajstić information content (AvgIpc) is 3.48. The minimum atomic E-state index is 0.963. The SMILES string of the molecule is CCCCCCCCCCCCCCCCCCCCCCCCCCCC=Cc1ccc(N=C(C)C(CCCCC)=Nc2ccc(C=CCCCCCCCCCCCCCCCCCCCCCCCCCCC)cc2)cc1. The molecule has 0 saturated heterocycles. The van der Waals surface area contributed by atoms with Crippen LogP contribution in [0.5, 0.6) is 0 Å². The van der Waals surface area contributed by atoms with Crippen LogP contribution < -0.4 is 0 Å². The highest BCUT2D eigenvalue weighted by Gasteiger charge is 2.07. The summed E-state index contributed by atoms with van der Waals surface area (Å²) in [5.41, 5.74) is 6.70. The maximum absolute atomic E-state index is 5.16. The fourth-order valence-electron chi connectivity index (χ4n) is 11.8. The van der Waals surface area contributed by atoms with Crippen molar-refractivity contribution in [2.24, 2.45) is 9.98 Å². The molecule has 2 aromatic carbocycles. The molecule has 0 amide bonds. The van der Waals surface area contributed by atoms with Gasteiger partial charge in [-0.25, -0.2) is 0 Å². The second-order valence-corrected chi connectivity index (χ2v) is 25.2. The smallest absolute Gasteiger partial charge is 0.0634 e. The van der Waals surface area contributed by atoms with Gasteiger partial charge < -0.3 is 0 Å². The summed E-state index contributed by atoms with van der Waals surface area (Å²) in [4.78, 5) is 10.2. The molecule has 0 aliphatic rings. The highest BCUT2D eigenvalue weighted by Crippen LogP contribution is 2.22. The fourth-order valence-corrected chi connectivity index (χ4v) is 11.8. The number of benzene rings is 2. The molecule has 2 nitrogen and oxygen atoms in total. The zero-order valence-electron chi connectivity index (χ0n) is 54.4. The normalized spacial score (nSPS) is 12.3. The van der Waals surface area contributed by atoms with Gasteiger partial charge in [-0.15, -0.1) is 0 Å². The van der Waals surface area contributed by atoms with Gasteiger partial charge in [-0.2, -0.15) is 0 Å². The van der Waals surface area contributed by atoms with Gasteiger partial charge in [0.15, 0.2) is 0 Å². The number of hydrogen-bond acceptors (Lipinski definition) is 2. The lowest BCUT2D eigenvalue weighted by Gasteiger charge is -2.08. The van der Waals surface area contributed by atoms with Crippen LogP contribution in [-0.2, 0) is 0 Å². The summed E-state index contributed by atoms with van der Waals surface area (Å²) < 4.78 is 0. The Hall–Kier alpha value is -2.74. The molecule has 2 rings (SSSR count). The van der Waals surface area contributed by atoms with Crippen LogP contribution in [-0.4, -0.2) is 11.4 Å². The number of hydrogen-bond donors (Lipinski definition) is 0. The molecule has 0 unspecified atom stereocenters. The van der Waals surface area contributed by atoms with E-state index in [9.17, 15) is 0 Å². The second kappa shape index (κ2) is 59.4. The van der Waals surface area contributed by atoms with E-state index in [1.54, 1.807) is 0 Å². The molecule has 0 atom stereocenters. The Morgan fingerprint density at radius 1 is 0.263 bits per heavy atom. The van der Waals surface area contributed by atoms with Crippen molar-refractivity contribution in [2.45, 2.75) is 387 Å². The summed E-state index contributed by atoms with van der Waals surface area (Å²) in [6.07, 6.45) is 88.5. The Labute approximate surface area is 501 Å². The summed E-state index contributed by atoms with van der Waals surface area (Å²) in [5.74, 6) is 0. The summed E-state index contributed by atoms with van der Waals surface area (Å²) >= 11 is 0. The molecule has 0 aliphatic carbocycles. The average molecular weight is 1100 g/mol. The van der Waals surface area contributed by atoms with Crippen molar-refractivity contribution in [1.29, 1.82) is 0 Å². The van der Waals surface area contributed by atoms with E-state index in [-0.39, 0.29) is 0 Å². The Kier molecular flexibility index (Phi) is 54.5. The Balaban J connectivity index is 1.47. The first-order valence-corrected chi connectivity index (χ1v) is 36.3. The van der Waals surface area contributed by atoms with E-state index < -0.39 is 0 Å². The van der Waals surface area contributed by atoms with Crippen LogP contribution in [0.15, 0.2) is 70.7 Å². The highest BCUT2D eigenvalue weighted by atomic mass is 14.8. The van der Waals surface area contributed by atoms with Gasteiger partial charge in [0.05, 0.1) is 22.8 Å². The van der Waals surface area contributed by atoms with E-state index in [0.29, 0.717) is 0 Å². The molecule has 2 heteroatoms. The zero-order chi connectivity index (χ0) is 57.0. The predicted octanol–water partition coefficient (Wildman–Crippen LogP) is 28.5. The predicted molar refractivity (Wildman–Crippen MR) is 366 cm³/mol. The van der Waals surface area contributed by atoms with Gasteiger partial charge in [-0.05, 0) is 80.8 Å². The van der Waals surface area contributed by atoms with Gasteiger partial charge in [0, 0.05) is 0 Å². The summed E-state index contributed by atoms with van der Waals surface area (Å²) in [5, 5.41) is 0. The van der Waals surface area contributed by atoms with E-state index in [4.69, 9.17) is 9.98 Å². The van der Waals surface area contributed by atoms with Crippen LogP contribution in [0.3, 0.4) is 0 Å². The highest BCUT2D eigenvalue weighted by molar-refractivity contribution is 6.42. The number of aliphatic imine (C=N–C) groups is 2. The number of allylic oxidation sites excluding steroid dienone is 2. The lowest BCUT2D eigenvalue weighted by molar-refractivity contribution is 0.516. The Morgan fingerprint density at radius 2 is 0.475 bits per heavy atom. The molecule has 80 heavy (non-hydrogen) atoms. The minimum absolute atomic E-state index is 0.963. The van der Waals surface area contributed by atoms with Crippen LogP contribution in [0.1, 0.15) is 398 Å². The van der Waals surface area contributed by atoms with Crippen molar-refractivity contribution in [3.63, 3.8) is 0 Å². The van der Waals surface area contributed by atoms with Gasteiger partial charge in [-0.1, -0.05) is 390 Å². The zero-order valence-corrected chi connectivity index (χ0v) is 54.4. The first-order chi connectivity index (χ1) is 39.7.